The van der Waals surface area contributed by atoms with Gasteiger partial charge in [0.05, 0.1) is 13.1 Å². The molecule has 0 amide bonds. The van der Waals surface area contributed by atoms with Gasteiger partial charge in [-0.2, -0.15) is 0 Å². The molecule has 1 unspecified atom stereocenters. The highest BCUT2D eigenvalue weighted by molar-refractivity contribution is 9.10. The van der Waals surface area contributed by atoms with Crippen molar-refractivity contribution < 1.29 is 4.21 Å². The van der Waals surface area contributed by atoms with Crippen molar-refractivity contribution in [3.63, 3.8) is 0 Å². The third-order valence-electron chi connectivity index (χ3n) is 3.92. The fourth-order valence-corrected chi connectivity index (χ4v) is 4.17. The summed E-state index contributed by atoms with van der Waals surface area (Å²) in [5, 5.41) is 3.31. The molecule has 0 aliphatic rings. The lowest BCUT2D eigenvalue weighted by atomic mass is 10.2. The molecular formula is C19H27BrN4OS. The number of hydrogen-bond donors (Lipinski definition) is 1. The molecule has 0 fully saturated rings. The van der Waals surface area contributed by atoms with Crippen LogP contribution in [0.2, 0.25) is 0 Å². The van der Waals surface area contributed by atoms with E-state index in [1.54, 1.807) is 0 Å². The largest absolute Gasteiger partial charge is 0.357 e. The Morgan fingerprint density at radius 2 is 2.08 bits per heavy atom. The van der Waals surface area contributed by atoms with E-state index in [2.05, 4.69) is 48.7 Å². The topological polar surface area (TPSA) is 49.6 Å². The van der Waals surface area contributed by atoms with E-state index < -0.39 is 10.8 Å². The molecule has 0 saturated heterocycles. The van der Waals surface area contributed by atoms with Crippen molar-refractivity contribution in [2.24, 2.45) is 12.0 Å². The van der Waals surface area contributed by atoms with E-state index >= 15 is 0 Å². The van der Waals surface area contributed by atoms with E-state index in [4.69, 9.17) is 0 Å². The minimum Gasteiger partial charge on any atom is -0.357 e. The molecule has 0 saturated carbocycles. The summed E-state index contributed by atoms with van der Waals surface area (Å²) >= 11 is 3.51. The van der Waals surface area contributed by atoms with Crippen LogP contribution in [0.3, 0.4) is 0 Å². The zero-order valence-electron chi connectivity index (χ0n) is 15.6. The number of aliphatic imine (C=N–C) groups is 1. The van der Waals surface area contributed by atoms with Gasteiger partial charge in [-0.1, -0.05) is 30.3 Å². The zero-order valence-corrected chi connectivity index (χ0v) is 18.0. The Bertz CT molecular complexity index is 745. The Morgan fingerprint density at radius 1 is 1.35 bits per heavy atom. The van der Waals surface area contributed by atoms with E-state index in [9.17, 15) is 4.21 Å². The normalized spacial score (nSPS) is 12.8. The van der Waals surface area contributed by atoms with Crippen LogP contribution in [-0.4, -0.2) is 45.5 Å². The number of aromatic nitrogens is 1. The monoisotopic (exact) mass is 438 g/mol. The molecule has 0 aliphatic heterocycles. The van der Waals surface area contributed by atoms with Gasteiger partial charge in [0.1, 0.15) is 0 Å². The molecule has 1 atom stereocenters. The van der Waals surface area contributed by atoms with Gasteiger partial charge < -0.3 is 14.8 Å². The summed E-state index contributed by atoms with van der Waals surface area (Å²) in [6, 6.07) is 12.1. The number of guanidine groups is 1. The molecular weight excluding hydrogens is 412 g/mol. The number of nitrogens with one attached hydrogen (secondary N) is 1. The molecule has 142 valence electrons. The van der Waals surface area contributed by atoms with Crippen LogP contribution in [0.5, 0.6) is 0 Å². The molecule has 1 aromatic heterocycles. The summed E-state index contributed by atoms with van der Waals surface area (Å²) < 4.78 is 15.4. The number of benzene rings is 1. The van der Waals surface area contributed by atoms with Crippen molar-refractivity contribution >= 4 is 32.7 Å². The van der Waals surface area contributed by atoms with Crippen LogP contribution in [0.4, 0.5) is 0 Å². The molecule has 5 nitrogen and oxygen atoms in total. The molecule has 7 heteroatoms. The highest BCUT2D eigenvalue weighted by atomic mass is 79.9. The first-order valence-electron chi connectivity index (χ1n) is 8.68. The molecule has 1 N–H and O–H groups in total. The smallest absolute Gasteiger partial charge is 0.194 e. The predicted octanol–water partition coefficient (Wildman–Crippen LogP) is 3.13. The minimum absolute atomic E-state index is 0.545. The quantitative estimate of drug-likeness (QED) is 0.508. The maximum absolute atomic E-state index is 12.3. The second kappa shape index (κ2) is 10.5. The van der Waals surface area contributed by atoms with Gasteiger partial charge in [0.25, 0.3) is 0 Å². The van der Waals surface area contributed by atoms with Crippen LogP contribution in [0.15, 0.2) is 52.1 Å². The highest BCUT2D eigenvalue weighted by Crippen LogP contribution is 2.15. The van der Waals surface area contributed by atoms with Crippen molar-refractivity contribution in [3.8, 4) is 0 Å². The molecule has 2 rings (SSSR count). The third-order valence-corrected chi connectivity index (χ3v) is 5.65. The lowest BCUT2D eigenvalue weighted by Gasteiger charge is -2.22. The van der Waals surface area contributed by atoms with Gasteiger partial charge in [-0.15, -0.1) is 0 Å². The highest BCUT2D eigenvalue weighted by Gasteiger charge is 2.10. The SMILES string of the molecule is CCNC(=NCCS(=O)Cc1ccccc1)N(C)Cc1cc(Br)cn1C. The van der Waals surface area contributed by atoms with Crippen LogP contribution in [0.25, 0.3) is 0 Å². The van der Waals surface area contributed by atoms with Crippen LogP contribution < -0.4 is 5.32 Å². The molecule has 0 radical (unpaired) electrons. The van der Waals surface area contributed by atoms with Gasteiger partial charge >= 0.3 is 0 Å². The van der Waals surface area contributed by atoms with E-state index in [0.29, 0.717) is 18.1 Å². The Morgan fingerprint density at radius 3 is 2.69 bits per heavy atom. The average Bonchev–Trinajstić information content (AvgIpc) is 2.92. The van der Waals surface area contributed by atoms with Crippen LogP contribution in [-0.2, 0) is 30.1 Å². The van der Waals surface area contributed by atoms with Gasteiger partial charge in [-0.3, -0.25) is 9.20 Å². The first-order valence-corrected chi connectivity index (χ1v) is 11.0. The lowest BCUT2D eigenvalue weighted by molar-refractivity contribution is 0.462. The fraction of sp³-hybridized carbons (Fsp3) is 0.421. The van der Waals surface area contributed by atoms with Crippen LogP contribution in [0.1, 0.15) is 18.2 Å². The number of rotatable bonds is 8. The van der Waals surface area contributed by atoms with Gasteiger partial charge in [0, 0.05) is 59.3 Å². The predicted molar refractivity (Wildman–Crippen MR) is 114 cm³/mol. The van der Waals surface area contributed by atoms with Gasteiger partial charge in [0.15, 0.2) is 5.96 Å². The van der Waals surface area contributed by atoms with Crippen LogP contribution in [0, 0.1) is 0 Å². The molecule has 1 aromatic carbocycles. The summed E-state index contributed by atoms with van der Waals surface area (Å²) in [7, 11) is 3.14. The summed E-state index contributed by atoms with van der Waals surface area (Å²) in [5.41, 5.74) is 2.30. The Kier molecular flexibility index (Phi) is 8.38. The molecule has 0 spiro atoms. The lowest BCUT2D eigenvalue weighted by Crippen LogP contribution is -2.39. The zero-order chi connectivity index (χ0) is 18.9. The van der Waals surface area contributed by atoms with Crippen molar-refractivity contribution in [2.75, 3.05) is 25.9 Å². The number of nitrogens with zero attached hydrogens (tertiary/aromatic N) is 3. The first-order chi connectivity index (χ1) is 12.5. The van der Waals surface area contributed by atoms with E-state index in [0.717, 1.165) is 29.1 Å². The summed E-state index contributed by atoms with van der Waals surface area (Å²) in [6.45, 7) is 4.15. The first kappa shape index (κ1) is 20.7. The number of halogens is 1. The van der Waals surface area contributed by atoms with Crippen molar-refractivity contribution in [1.82, 2.24) is 14.8 Å². The number of hydrogen-bond acceptors (Lipinski definition) is 2. The maximum Gasteiger partial charge on any atom is 0.194 e. The number of aryl methyl sites for hydroxylation is 1. The summed E-state index contributed by atoms with van der Waals surface area (Å²) in [4.78, 5) is 6.73. The Hall–Kier alpha value is -1.60. The molecule has 2 aromatic rings. The summed E-state index contributed by atoms with van der Waals surface area (Å²) in [5.74, 6) is 1.98. The third kappa shape index (κ3) is 6.61. The second-order valence-electron chi connectivity index (χ2n) is 6.13. The van der Waals surface area contributed by atoms with Crippen molar-refractivity contribution in [3.05, 3.63) is 58.3 Å². The van der Waals surface area contributed by atoms with Crippen LogP contribution >= 0.6 is 15.9 Å². The molecule has 0 aliphatic carbocycles. The van der Waals surface area contributed by atoms with Crippen molar-refractivity contribution in [2.45, 2.75) is 19.2 Å². The molecule has 0 bridgehead atoms. The Balaban J connectivity index is 1.90. The van der Waals surface area contributed by atoms with Gasteiger partial charge in [0.2, 0.25) is 0 Å². The van der Waals surface area contributed by atoms with Crippen molar-refractivity contribution in [1.29, 1.82) is 0 Å². The average molecular weight is 439 g/mol. The second-order valence-corrected chi connectivity index (χ2v) is 8.62. The van der Waals surface area contributed by atoms with E-state index in [1.807, 2.05) is 50.6 Å². The standard InChI is InChI=1S/C19H27BrN4OS/c1-4-21-19(24(3)14-18-12-17(20)13-23(18)2)22-10-11-26(25)15-16-8-6-5-7-9-16/h5-9,12-13H,4,10-11,14-15H2,1-3H3,(H,21,22). The molecule has 26 heavy (non-hydrogen) atoms. The fourth-order valence-electron chi connectivity index (χ4n) is 2.60. The summed E-state index contributed by atoms with van der Waals surface area (Å²) in [6.07, 6.45) is 2.04. The van der Waals surface area contributed by atoms with Gasteiger partial charge in [-0.05, 0) is 34.5 Å². The Labute approximate surface area is 167 Å². The van der Waals surface area contributed by atoms with E-state index in [1.165, 1.54) is 5.69 Å². The molecule has 1 heterocycles. The van der Waals surface area contributed by atoms with Gasteiger partial charge in [-0.25, -0.2) is 0 Å². The maximum atomic E-state index is 12.3. The minimum atomic E-state index is -0.907. The van der Waals surface area contributed by atoms with E-state index in [-0.39, 0.29) is 0 Å².